The average molecular weight is 453 g/mol. The van der Waals surface area contributed by atoms with Gasteiger partial charge in [0, 0.05) is 16.2 Å². The van der Waals surface area contributed by atoms with Crippen LogP contribution in [0.1, 0.15) is 49.6 Å². The third-order valence-corrected chi connectivity index (χ3v) is 5.48. The summed E-state index contributed by atoms with van der Waals surface area (Å²) in [5.41, 5.74) is 3.84. The SMILES string of the molecule is CCCN(CCC)Cc1nnc2n1-c1ccc(Br)cc1C(c1ccccn1)=NC2. The molecule has 3 heterocycles. The van der Waals surface area contributed by atoms with E-state index in [1.165, 1.54) is 0 Å². The number of benzene rings is 1. The molecule has 0 aliphatic carbocycles. The van der Waals surface area contributed by atoms with Gasteiger partial charge in [0.1, 0.15) is 6.54 Å². The zero-order valence-electron chi connectivity index (χ0n) is 16.8. The highest BCUT2D eigenvalue weighted by Gasteiger charge is 2.24. The number of pyridine rings is 1. The van der Waals surface area contributed by atoms with E-state index < -0.39 is 0 Å². The van der Waals surface area contributed by atoms with Gasteiger partial charge in [-0.25, -0.2) is 0 Å². The average Bonchev–Trinajstić information content (AvgIpc) is 3.04. The highest BCUT2D eigenvalue weighted by molar-refractivity contribution is 9.10. The normalized spacial score (nSPS) is 13.0. The fraction of sp³-hybridized carbons (Fsp3) is 0.364. The first-order valence-electron chi connectivity index (χ1n) is 10.1. The Morgan fingerprint density at radius 2 is 1.90 bits per heavy atom. The van der Waals surface area contributed by atoms with E-state index in [1.807, 2.05) is 18.2 Å². The van der Waals surface area contributed by atoms with Gasteiger partial charge in [-0.15, -0.1) is 10.2 Å². The topological polar surface area (TPSA) is 59.2 Å². The minimum Gasteiger partial charge on any atom is -0.296 e. The zero-order chi connectivity index (χ0) is 20.2. The van der Waals surface area contributed by atoms with Crippen molar-refractivity contribution in [3.8, 4) is 5.69 Å². The van der Waals surface area contributed by atoms with Crippen LogP contribution in [0.4, 0.5) is 0 Å². The van der Waals surface area contributed by atoms with Crippen molar-refractivity contribution in [2.75, 3.05) is 13.1 Å². The molecule has 1 aliphatic rings. The Hall–Kier alpha value is -2.38. The van der Waals surface area contributed by atoms with E-state index in [-0.39, 0.29) is 0 Å². The summed E-state index contributed by atoms with van der Waals surface area (Å²) < 4.78 is 3.19. The number of aliphatic imine (C=N–C) groups is 1. The highest BCUT2D eigenvalue weighted by Crippen LogP contribution is 2.28. The minimum atomic E-state index is 0.479. The second-order valence-electron chi connectivity index (χ2n) is 7.19. The van der Waals surface area contributed by atoms with Gasteiger partial charge < -0.3 is 0 Å². The van der Waals surface area contributed by atoms with Crippen LogP contribution in [-0.2, 0) is 13.1 Å². The van der Waals surface area contributed by atoms with Crippen LogP contribution >= 0.6 is 15.9 Å². The third-order valence-electron chi connectivity index (χ3n) is 4.98. The Labute approximate surface area is 179 Å². The molecule has 0 N–H and O–H groups in total. The van der Waals surface area contributed by atoms with Crippen LogP contribution in [0.5, 0.6) is 0 Å². The smallest absolute Gasteiger partial charge is 0.159 e. The van der Waals surface area contributed by atoms with Crippen molar-refractivity contribution in [2.45, 2.75) is 39.8 Å². The first-order chi connectivity index (χ1) is 14.2. The van der Waals surface area contributed by atoms with E-state index in [9.17, 15) is 0 Å². The number of rotatable bonds is 7. The Morgan fingerprint density at radius 3 is 2.62 bits per heavy atom. The van der Waals surface area contributed by atoms with Crippen molar-refractivity contribution in [3.63, 3.8) is 0 Å². The minimum absolute atomic E-state index is 0.479. The van der Waals surface area contributed by atoms with Crippen LogP contribution in [0.2, 0.25) is 0 Å². The summed E-state index contributed by atoms with van der Waals surface area (Å²) in [5, 5.41) is 9.02. The number of aromatic nitrogens is 4. The zero-order valence-corrected chi connectivity index (χ0v) is 18.4. The Bertz CT molecular complexity index is 1010. The van der Waals surface area contributed by atoms with Crippen molar-refractivity contribution in [2.24, 2.45) is 4.99 Å². The summed E-state index contributed by atoms with van der Waals surface area (Å²) in [7, 11) is 0. The molecule has 3 aromatic rings. The summed E-state index contributed by atoms with van der Waals surface area (Å²) in [4.78, 5) is 11.9. The maximum atomic E-state index is 4.88. The van der Waals surface area contributed by atoms with Gasteiger partial charge in [-0.2, -0.15) is 0 Å². The molecule has 0 saturated carbocycles. The van der Waals surface area contributed by atoms with Crippen molar-refractivity contribution in [1.29, 1.82) is 0 Å². The van der Waals surface area contributed by atoms with Gasteiger partial charge >= 0.3 is 0 Å². The number of nitrogens with zero attached hydrogens (tertiary/aromatic N) is 6. The van der Waals surface area contributed by atoms with E-state index in [4.69, 9.17) is 4.99 Å². The molecule has 1 aliphatic heterocycles. The lowest BCUT2D eigenvalue weighted by atomic mass is 10.0. The lowest BCUT2D eigenvalue weighted by Crippen LogP contribution is -2.27. The van der Waals surface area contributed by atoms with E-state index in [0.29, 0.717) is 6.54 Å². The fourth-order valence-electron chi connectivity index (χ4n) is 3.79. The summed E-state index contributed by atoms with van der Waals surface area (Å²) >= 11 is 3.62. The lowest BCUT2D eigenvalue weighted by molar-refractivity contribution is 0.258. The Balaban J connectivity index is 1.80. The van der Waals surface area contributed by atoms with Crippen LogP contribution in [0.3, 0.4) is 0 Å². The first kappa shape index (κ1) is 19.9. The molecule has 0 radical (unpaired) electrons. The molecule has 6 nitrogen and oxygen atoms in total. The molecule has 0 atom stereocenters. The fourth-order valence-corrected chi connectivity index (χ4v) is 4.15. The second-order valence-corrected chi connectivity index (χ2v) is 8.10. The number of hydrogen-bond donors (Lipinski definition) is 0. The molecule has 29 heavy (non-hydrogen) atoms. The monoisotopic (exact) mass is 452 g/mol. The molecule has 0 spiro atoms. The first-order valence-corrected chi connectivity index (χ1v) is 10.9. The molecule has 7 heteroatoms. The number of hydrogen-bond acceptors (Lipinski definition) is 5. The van der Waals surface area contributed by atoms with Crippen molar-refractivity contribution >= 4 is 21.6 Å². The maximum Gasteiger partial charge on any atom is 0.159 e. The van der Waals surface area contributed by atoms with E-state index in [0.717, 1.165) is 71.3 Å². The lowest BCUT2D eigenvalue weighted by Gasteiger charge is -2.21. The molecule has 0 bridgehead atoms. The van der Waals surface area contributed by atoms with Crippen LogP contribution < -0.4 is 0 Å². The third kappa shape index (κ3) is 4.16. The van der Waals surface area contributed by atoms with Crippen LogP contribution in [-0.4, -0.2) is 43.4 Å². The molecular formula is C22H25BrN6. The quantitative estimate of drug-likeness (QED) is 0.532. The standard InChI is InChI=1S/C22H25BrN6/c1-3-11-28(12-4-2)15-21-27-26-20-14-25-22(18-7-5-6-10-24-18)17-13-16(23)8-9-19(17)29(20)21/h5-10,13H,3-4,11-12,14-15H2,1-2H3. The summed E-state index contributed by atoms with van der Waals surface area (Å²) in [6.07, 6.45) is 4.05. The van der Waals surface area contributed by atoms with Crippen molar-refractivity contribution < 1.29 is 0 Å². The molecule has 0 saturated heterocycles. The molecule has 4 rings (SSSR count). The molecular weight excluding hydrogens is 428 g/mol. The summed E-state index contributed by atoms with van der Waals surface area (Å²) in [5.74, 6) is 1.82. The molecule has 150 valence electrons. The molecule has 1 aromatic carbocycles. The van der Waals surface area contributed by atoms with Gasteiger partial charge in [-0.05, 0) is 56.3 Å². The number of fused-ring (bicyclic) bond motifs is 3. The van der Waals surface area contributed by atoms with Crippen molar-refractivity contribution in [3.05, 3.63) is 70.0 Å². The summed E-state index contributed by atoms with van der Waals surface area (Å²) in [6.45, 7) is 7.80. The van der Waals surface area contributed by atoms with E-state index in [1.54, 1.807) is 6.20 Å². The van der Waals surface area contributed by atoms with Crippen molar-refractivity contribution in [1.82, 2.24) is 24.6 Å². The maximum absolute atomic E-state index is 4.88. The Kier molecular flexibility index (Phi) is 6.16. The van der Waals surface area contributed by atoms with Crippen LogP contribution in [0, 0.1) is 0 Å². The largest absolute Gasteiger partial charge is 0.296 e. The molecule has 0 fully saturated rings. The van der Waals surface area contributed by atoms with Gasteiger partial charge in [-0.3, -0.25) is 19.4 Å². The predicted molar refractivity (Wildman–Crippen MR) is 118 cm³/mol. The Morgan fingerprint density at radius 1 is 1.07 bits per heavy atom. The molecule has 2 aromatic heterocycles. The van der Waals surface area contributed by atoms with E-state index >= 15 is 0 Å². The second kappa shape index (κ2) is 8.97. The highest BCUT2D eigenvalue weighted by atomic mass is 79.9. The van der Waals surface area contributed by atoms with E-state index in [2.05, 4.69) is 72.6 Å². The van der Waals surface area contributed by atoms with Crippen LogP contribution in [0.25, 0.3) is 5.69 Å². The van der Waals surface area contributed by atoms with Gasteiger partial charge in [0.25, 0.3) is 0 Å². The predicted octanol–water partition coefficient (Wildman–Crippen LogP) is 4.40. The molecule has 0 amide bonds. The van der Waals surface area contributed by atoms with Gasteiger partial charge in [-0.1, -0.05) is 35.8 Å². The van der Waals surface area contributed by atoms with Gasteiger partial charge in [0.05, 0.1) is 23.6 Å². The molecule has 0 unspecified atom stereocenters. The number of halogens is 1. The van der Waals surface area contributed by atoms with Crippen LogP contribution in [0.15, 0.2) is 52.1 Å². The van der Waals surface area contributed by atoms with Gasteiger partial charge in [0.15, 0.2) is 11.6 Å². The van der Waals surface area contributed by atoms with Gasteiger partial charge in [0.2, 0.25) is 0 Å². The summed E-state index contributed by atoms with van der Waals surface area (Å²) in [6, 6.07) is 12.2.